The molecule has 1 amide bonds. The molecule has 2 aromatic rings. The summed E-state index contributed by atoms with van der Waals surface area (Å²) in [5, 5.41) is 12.2. The average Bonchev–Trinajstić information content (AvgIpc) is 3.59. The van der Waals surface area contributed by atoms with Crippen molar-refractivity contribution in [2.45, 2.75) is 32.1 Å². The second-order valence-electron chi connectivity index (χ2n) is 11.4. The molecule has 40 heavy (non-hydrogen) atoms. The van der Waals surface area contributed by atoms with Crippen molar-refractivity contribution in [3.05, 3.63) is 35.4 Å². The number of carbonyl (C=O) groups excluding carboxylic acids is 1. The number of benzene rings is 1. The molecular formula is C28H38N6O5S. The Morgan fingerprint density at radius 2 is 1.80 bits per heavy atom. The lowest BCUT2D eigenvalue weighted by Crippen LogP contribution is -2.38. The number of rotatable bonds is 8. The average molecular weight is 571 g/mol. The molecule has 4 heterocycles. The first-order chi connectivity index (χ1) is 19.3. The van der Waals surface area contributed by atoms with Gasteiger partial charge in [-0.3, -0.25) is 9.52 Å². The Kier molecular flexibility index (Phi) is 7.26. The van der Waals surface area contributed by atoms with E-state index in [0.717, 1.165) is 69.1 Å². The summed E-state index contributed by atoms with van der Waals surface area (Å²) in [6.07, 6.45) is 5.55. The van der Waals surface area contributed by atoms with E-state index in [1.54, 1.807) is 18.2 Å². The van der Waals surface area contributed by atoms with E-state index in [1.807, 2.05) is 6.07 Å². The lowest BCUT2D eigenvalue weighted by Gasteiger charge is -2.35. The van der Waals surface area contributed by atoms with Gasteiger partial charge in [0.05, 0.1) is 48.2 Å². The highest BCUT2D eigenvalue weighted by molar-refractivity contribution is 7.92. The summed E-state index contributed by atoms with van der Waals surface area (Å²) in [5.74, 6) is 0.713. The molecule has 3 fully saturated rings. The number of nitrogens with zero attached hydrogens (tertiary/aromatic N) is 4. The molecule has 0 atom stereocenters. The van der Waals surface area contributed by atoms with Crippen LogP contribution in [0.4, 0.5) is 28.7 Å². The number of aliphatic hydroxyl groups excluding tert-OH is 1. The number of ether oxygens (including phenoxy) is 1. The highest BCUT2D eigenvalue weighted by Gasteiger charge is 2.44. The number of piperidine rings is 1. The highest BCUT2D eigenvalue weighted by atomic mass is 32.2. The van der Waals surface area contributed by atoms with E-state index in [0.29, 0.717) is 41.4 Å². The van der Waals surface area contributed by atoms with Gasteiger partial charge in [-0.25, -0.2) is 13.4 Å². The molecule has 11 nitrogen and oxygen atoms in total. The maximum absolute atomic E-state index is 13.8. The van der Waals surface area contributed by atoms with Crippen LogP contribution in [0.1, 0.15) is 41.6 Å². The Morgan fingerprint density at radius 1 is 1.05 bits per heavy atom. The van der Waals surface area contributed by atoms with E-state index >= 15 is 0 Å². The molecule has 0 bridgehead atoms. The fraction of sp³-hybridized carbons (Fsp3) is 0.571. The molecule has 1 aromatic heterocycles. The second-order valence-corrected chi connectivity index (χ2v) is 13.3. The fourth-order valence-electron chi connectivity index (χ4n) is 6.12. The van der Waals surface area contributed by atoms with Crippen molar-refractivity contribution in [2.75, 3.05) is 90.1 Å². The molecule has 6 rings (SSSR count). The number of likely N-dealkylation sites (N-methyl/N-ethyl adjacent to an activating group) is 1. The summed E-state index contributed by atoms with van der Waals surface area (Å²) in [4.78, 5) is 25.3. The van der Waals surface area contributed by atoms with Crippen molar-refractivity contribution in [1.29, 1.82) is 0 Å². The van der Waals surface area contributed by atoms with Gasteiger partial charge in [-0.1, -0.05) is 0 Å². The van der Waals surface area contributed by atoms with Crippen LogP contribution in [0.5, 0.6) is 0 Å². The van der Waals surface area contributed by atoms with Gasteiger partial charge < -0.3 is 29.9 Å². The molecule has 0 unspecified atom stereocenters. The van der Waals surface area contributed by atoms with E-state index in [1.165, 1.54) is 12.8 Å². The van der Waals surface area contributed by atoms with Crippen LogP contribution in [0.3, 0.4) is 0 Å². The smallest absolute Gasteiger partial charge is 0.258 e. The topological polar surface area (TPSA) is 127 Å². The molecule has 1 saturated carbocycles. The minimum atomic E-state index is -3.69. The maximum atomic E-state index is 13.8. The normalized spacial score (nSPS) is 20.0. The zero-order chi connectivity index (χ0) is 27.9. The summed E-state index contributed by atoms with van der Waals surface area (Å²) < 4.78 is 32.8. The van der Waals surface area contributed by atoms with Crippen LogP contribution in [0.15, 0.2) is 24.3 Å². The maximum Gasteiger partial charge on any atom is 0.258 e. The number of anilines is 5. The van der Waals surface area contributed by atoms with Gasteiger partial charge in [0.15, 0.2) is 5.82 Å². The first-order valence-corrected chi connectivity index (χ1v) is 15.8. The number of morpholine rings is 1. The molecular weight excluding hydrogens is 532 g/mol. The van der Waals surface area contributed by atoms with Crippen LogP contribution in [0.25, 0.3) is 0 Å². The molecule has 1 aliphatic carbocycles. The number of pyridine rings is 1. The standard InChI is InChI=1S/C28H38N6O5S/c1-32-9-4-20-18-24(29-26(25(20)32)34-12-15-39-16-13-34)30-27(36)22-3-2-21(31-40(37,38)17-14-35)19-23(22)33-10-7-28(5-6-28)8-11-33/h2-3,18-19,31,35H,4-17H2,1H3,(H,29,30,36). The third-order valence-corrected chi connectivity index (χ3v) is 9.97. The molecule has 0 radical (unpaired) electrons. The van der Waals surface area contributed by atoms with Gasteiger partial charge in [0.25, 0.3) is 5.91 Å². The largest absolute Gasteiger partial charge is 0.395 e. The van der Waals surface area contributed by atoms with Gasteiger partial charge in [0, 0.05) is 39.8 Å². The number of hydrogen-bond donors (Lipinski definition) is 3. The number of fused-ring (bicyclic) bond motifs is 1. The Bertz CT molecular complexity index is 1380. The van der Waals surface area contributed by atoms with Crippen molar-refractivity contribution < 1.29 is 23.1 Å². The molecule has 216 valence electrons. The van der Waals surface area contributed by atoms with Crippen LogP contribution in [-0.2, 0) is 21.2 Å². The number of amides is 1. The summed E-state index contributed by atoms with van der Waals surface area (Å²) in [6, 6.07) is 6.98. The number of aliphatic hydroxyl groups is 1. The van der Waals surface area contributed by atoms with E-state index in [9.17, 15) is 13.2 Å². The minimum Gasteiger partial charge on any atom is -0.395 e. The number of carbonyl (C=O) groups is 1. The number of nitrogens with one attached hydrogen (secondary N) is 2. The van der Waals surface area contributed by atoms with Gasteiger partial charge >= 0.3 is 0 Å². The minimum absolute atomic E-state index is 0.279. The third kappa shape index (κ3) is 5.57. The molecule has 3 aliphatic heterocycles. The zero-order valence-electron chi connectivity index (χ0n) is 23.0. The Labute approximate surface area is 235 Å². The lowest BCUT2D eigenvalue weighted by molar-refractivity contribution is 0.102. The lowest BCUT2D eigenvalue weighted by atomic mass is 9.93. The van der Waals surface area contributed by atoms with Gasteiger partial charge in [-0.2, -0.15) is 0 Å². The predicted octanol–water partition coefficient (Wildman–Crippen LogP) is 2.28. The van der Waals surface area contributed by atoms with Crippen molar-refractivity contribution in [1.82, 2.24) is 4.98 Å². The predicted molar refractivity (Wildman–Crippen MR) is 156 cm³/mol. The molecule has 3 N–H and O–H groups in total. The van der Waals surface area contributed by atoms with Gasteiger partial charge in [-0.15, -0.1) is 0 Å². The molecule has 1 aromatic carbocycles. The molecule has 2 saturated heterocycles. The van der Waals surface area contributed by atoms with Crippen LogP contribution in [-0.4, -0.2) is 89.8 Å². The highest BCUT2D eigenvalue weighted by Crippen LogP contribution is 2.54. The van der Waals surface area contributed by atoms with Crippen LogP contribution >= 0.6 is 0 Å². The first kappa shape index (κ1) is 27.1. The van der Waals surface area contributed by atoms with Gasteiger partial charge in [-0.05, 0) is 67.3 Å². The quantitative estimate of drug-likeness (QED) is 0.438. The van der Waals surface area contributed by atoms with Crippen molar-refractivity contribution >= 4 is 44.6 Å². The first-order valence-electron chi connectivity index (χ1n) is 14.2. The van der Waals surface area contributed by atoms with Crippen LogP contribution in [0, 0.1) is 5.41 Å². The van der Waals surface area contributed by atoms with Gasteiger partial charge in [0.1, 0.15) is 5.82 Å². The summed E-state index contributed by atoms with van der Waals surface area (Å²) >= 11 is 0. The fourth-order valence-corrected chi connectivity index (χ4v) is 6.95. The Balaban J connectivity index is 1.30. The Morgan fingerprint density at radius 3 is 2.50 bits per heavy atom. The van der Waals surface area contributed by atoms with E-state index < -0.39 is 16.6 Å². The van der Waals surface area contributed by atoms with Crippen LogP contribution < -0.4 is 24.7 Å². The summed E-state index contributed by atoms with van der Waals surface area (Å²) in [5.41, 5.74) is 4.28. The van der Waals surface area contributed by atoms with E-state index in [-0.39, 0.29) is 11.7 Å². The summed E-state index contributed by atoms with van der Waals surface area (Å²) in [6.45, 7) is 4.86. The molecule has 12 heteroatoms. The van der Waals surface area contributed by atoms with Crippen LogP contribution in [0.2, 0.25) is 0 Å². The van der Waals surface area contributed by atoms with Crippen molar-refractivity contribution in [3.63, 3.8) is 0 Å². The number of sulfonamides is 1. The Hall–Kier alpha value is -3.09. The van der Waals surface area contributed by atoms with Crippen molar-refractivity contribution in [2.24, 2.45) is 5.41 Å². The second kappa shape index (κ2) is 10.7. The summed E-state index contributed by atoms with van der Waals surface area (Å²) in [7, 11) is -1.62. The van der Waals surface area contributed by atoms with Crippen molar-refractivity contribution in [3.8, 4) is 0 Å². The number of aromatic nitrogens is 1. The van der Waals surface area contributed by atoms with E-state index in [2.05, 4.69) is 31.8 Å². The third-order valence-electron chi connectivity index (χ3n) is 8.70. The number of hydrogen-bond acceptors (Lipinski definition) is 9. The van der Waals surface area contributed by atoms with E-state index in [4.69, 9.17) is 14.8 Å². The SMILES string of the molecule is CN1CCc2cc(NC(=O)c3ccc(NS(=O)(=O)CCO)cc3N3CCC4(CC3)CC4)nc(N3CCOCC3)c21. The monoisotopic (exact) mass is 570 g/mol. The molecule has 4 aliphatic rings. The van der Waals surface area contributed by atoms with Gasteiger partial charge in [0.2, 0.25) is 10.0 Å². The molecule has 1 spiro atoms. The zero-order valence-corrected chi connectivity index (χ0v) is 23.8.